The number of carboxylic acids is 1. The Morgan fingerprint density at radius 1 is 1.35 bits per heavy atom. The lowest BCUT2D eigenvalue weighted by Gasteiger charge is -2.17. The highest BCUT2D eigenvalue weighted by Crippen LogP contribution is 2.52. The van der Waals surface area contributed by atoms with Gasteiger partial charge in [0, 0.05) is 5.56 Å². The standard InChI is InChI=1S/C14H11F3N2O4/c1-2-5-22-6-7-23-11-8-9(3-4-10(11)12(20)21)13(18-19-13)14(15,16)17/h1,3-4,8H,5-7H2,(H,20,21). The van der Waals surface area contributed by atoms with Crippen molar-refractivity contribution < 1.29 is 32.5 Å². The highest BCUT2D eigenvalue weighted by Gasteiger charge is 2.65. The van der Waals surface area contributed by atoms with Crippen molar-refractivity contribution in [2.24, 2.45) is 10.2 Å². The summed E-state index contributed by atoms with van der Waals surface area (Å²) in [4.78, 5) is 11.1. The number of ether oxygens (including phenoxy) is 2. The summed E-state index contributed by atoms with van der Waals surface area (Å²) >= 11 is 0. The Bertz CT molecular complexity index is 674. The summed E-state index contributed by atoms with van der Waals surface area (Å²) < 4.78 is 49.1. The molecule has 1 N–H and O–H groups in total. The molecule has 0 saturated heterocycles. The van der Waals surface area contributed by atoms with Crippen LogP contribution in [0.5, 0.6) is 5.75 Å². The van der Waals surface area contributed by atoms with E-state index >= 15 is 0 Å². The molecule has 0 atom stereocenters. The number of benzene rings is 1. The molecule has 6 nitrogen and oxygen atoms in total. The van der Waals surface area contributed by atoms with E-state index in [9.17, 15) is 18.0 Å². The lowest BCUT2D eigenvalue weighted by atomic mass is 10.0. The first kappa shape index (κ1) is 16.8. The number of carbonyl (C=O) groups is 1. The molecule has 9 heteroatoms. The molecule has 1 aromatic rings. The van der Waals surface area contributed by atoms with Crippen molar-refractivity contribution in [1.82, 2.24) is 0 Å². The molecule has 0 spiro atoms. The fraction of sp³-hybridized carbons (Fsp3) is 0.357. The van der Waals surface area contributed by atoms with Gasteiger partial charge in [-0.25, -0.2) is 4.79 Å². The number of hydrogen-bond donors (Lipinski definition) is 1. The van der Waals surface area contributed by atoms with Gasteiger partial charge in [0.1, 0.15) is 24.5 Å². The number of carboxylic acid groups (broad SMARTS) is 1. The maximum atomic E-state index is 13.0. The molecule has 1 heterocycles. The molecule has 1 aromatic carbocycles. The Hall–Kier alpha value is -2.60. The highest BCUT2D eigenvalue weighted by molar-refractivity contribution is 5.91. The zero-order valence-corrected chi connectivity index (χ0v) is 11.6. The minimum absolute atomic E-state index is 0.0458. The van der Waals surface area contributed by atoms with Gasteiger partial charge in [0.15, 0.2) is 0 Å². The average Bonchev–Trinajstić information content (AvgIpc) is 3.28. The number of terminal acetylenes is 1. The molecule has 0 bridgehead atoms. The largest absolute Gasteiger partial charge is 0.490 e. The van der Waals surface area contributed by atoms with Gasteiger partial charge < -0.3 is 14.6 Å². The fourth-order valence-corrected chi connectivity index (χ4v) is 1.82. The minimum Gasteiger partial charge on any atom is -0.490 e. The second-order valence-electron chi connectivity index (χ2n) is 4.49. The smallest absolute Gasteiger partial charge is 0.442 e. The number of aromatic carboxylic acids is 1. The van der Waals surface area contributed by atoms with E-state index in [4.69, 9.17) is 21.0 Å². The van der Waals surface area contributed by atoms with E-state index in [0.29, 0.717) is 0 Å². The van der Waals surface area contributed by atoms with Crippen LogP contribution < -0.4 is 4.74 Å². The summed E-state index contributed by atoms with van der Waals surface area (Å²) in [6.45, 7) is 0.0372. The van der Waals surface area contributed by atoms with Crippen LogP contribution >= 0.6 is 0 Å². The third-order valence-electron chi connectivity index (χ3n) is 2.98. The predicted octanol–water partition coefficient (Wildman–Crippen LogP) is 2.59. The molecule has 0 saturated carbocycles. The van der Waals surface area contributed by atoms with E-state index in [1.807, 2.05) is 0 Å². The van der Waals surface area contributed by atoms with Crippen LogP contribution in [0.4, 0.5) is 13.2 Å². The van der Waals surface area contributed by atoms with Crippen molar-refractivity contribution in [2.45, 2.75) is 11.8 Å². The van der Waals surface area contributed by atoms with E-state index < -0.39 is 17.8 Å². The second kappa shape index (κ2) is 6.26. The van der Waals surface area contributed by atoms with E-state index in [-0.39, 0.29) is 36.7 Å². The van der Waals surface area contributed by atoms with Crippen molar-refractivity contribution in [2.75, 3.05) is 19.8 Å². The molecule has 2 rings (SSSR count). The third-order valence-corrected chi connectivity index (χ3v) is 2.98. The first-order valence-electron chi connectivity index (χ1n) is 6.34. The van der Waals surface area contributed by atoms with Gasteiger partial charge in [-0.2, -0.15) is 13.2 Å². The molecule has 0 amide bonds. The third kappa shape index (κ3) is 3.43. The Morgan fingerprint density at radius 3 is 2.57 bits per heavy atom. The summed E-state index contributed by atoms with van der Waals surface area (Å²) in [5, 5.41) is 15.2. The average molecular weight is 328 g/mol. The Labute approximate surface area is 128 Å². The Balaban J connectivity index is 2.20. The molecule has 122 valence electrons. The maximum Gasteiger partial charge on any atom is 0.442 e. The van der Waals surface area contributed by atoms with Gasteiger partial charge in [-0.05, 0) is 12.1 Å². The summed E-state index contributed by atoms with van der Waals surface area (Å²) in [6, 6.07) is 3.00. The molecule has 0 fully saturated rings. The lowest BCUT2D eigenvalue weighted by Crippen LogP contribution is -2.30. The van der Waals surface area contributed by atoms with Crippen LogP contribution in [0.2, 0.25) is 0 Å². The van der Waals surface area contributed by atoms with Crippen LogP contribution in [0.25, 0.3) is 0 Å². The molecular weight excluding hydrogens is 317 g/mol. The molecule has 1 aliphatic heterocycles. The molecule has 1 aliphatic rings. The maximum absolute atomic E-state index is 13.0. The molecular formula is C14H11F3N2O4. The molecule has 0 unspecified atom stereocenters. The van der Waals surface area contributed by atoms with E-state index in [2.05, 4.69) is 16.1 Å². The zero-order chi connectivity index (χ0) is 17.1. The van der Waals surface area contributed by atoms with Gasteiger partial charge in [-0.1, -0.05) is 12.0 Å². The predicted molar refractivity (Wildman–Crippen MR) is 71.1 cm³/mol. The van der Waals surface area contributed by atoms with Gasteiger partial charge in [0.05, 0.1) is 6.61 Å². The van der Waals surface area contributed by atoms with Crippen molar-refractivity contribution >= 4 is 5.97 Å². The first-order chi connectivity index (χ1) is 10.8. The highest BCUT2D eigenvalue weighted by atomic mass is 19.4. The van der Waals surface area contributed by atoms with Crippen molar-refractivity contribution in [1.29, 1.82) is 0 Å². The number of rotatable bonds is 7. The summed E-state index contributed by atoms with van der Waals surface area (Å²) in [5.74, 6) is 0.675. The number of alkyl halides is 3. The SMILES string of the molecule is C#CCOCCOc1cc(C2(C(F)(F)F)N=N2)ccc1C(=O)O. The fourth-order valence-electron chi connectivity index (χ4n) is 1.82. The Kier molecular flexibility index (Phi) is 4.56. The van der Waals surface area contributed by atoms with Crippen LogP contribution in [0.3, 0.4) is 0 Å². The topological polar surface area (TPSA) is 80.5 Å². The lowest BCUT2D eigenvalue weighted by molar-refractivity contribution is -0.166. The summed E-state index contributed by atoms with van der Waals surface area (Å²) in [5.41, 5.74) is -3.22. The minimum atomic E-state index is -4.70. The normalized spacial score (nSPS) is 15.0. The zero-order valence-electron chi connectivity index (χ0n) is 11.6. The van der Waals surface area contributed by atoms with Crippen molar-refractivity contribution in [3.63, 3.8) is 0 Å². The van der Waals surface area contributed by atoms with Crippen LogP contribution in [0, 0.1) is 12.3 Å². The number of hydrogen-bond acceptors (Lipinski definition) is 5. The van der Waals surface area contributed by atoms with E-state index in [0.717, 1.165) is 18.2 Å². The van der Waals surface area contributed by atoms with E-state index in [1.54, 1.807) is 0 Å². The number of halogens is 3. The molecule has 0 aliphatic carbocycles. The van der Waals surface area contributed by atoms with Gasteiger partial charge in [0.2, 0.25) is 0 Å². The van der Waals surface area contributed by atoms with Crippen molar-refractivity contribution in [3.8, 4) is 18.1 Å². The van der Waals surface area contributed by atoms with Crippen LogP contribution in [0.15, 0.2) is 28.4 Å². The van der Waals surface area contributed by atoms with Crippen LogP contribution in [-0.2, 0) is 10.4 Å². The van der Waals surface area contributed by atoms with Gasteiger partial charge in [-0.15, -0.1) is 16.7 Å². The first-order valence-corrected chi connectivity index (χ1v) is 6.34. The van der Waals surface area contributed by atoms with Gasteiger partial charge in [0.25, 0.3) is 0 Å². The van der Waals surface area contributed by atoms with Gasteiger partial charge in [-0.3, -0.25) is 0 Å². The summed E-state index contributed by atoms with van der Waals surface area (Å²) in [7, 11) is 0. The van der Waals surface area contributed by atoms with Crippen molar-refractivity contribution in [3.05, 3.63) is 29.3 Å². The van der Waals surface area contributed by atoms with E-state index in [1.165, 1.54) is 0 Å². The van der Waals surface area contributed by atoms with Crippen LogP contribution in [-0.4, -0.2) is 37.1 Å². The Morgan fingerprint density at radius 2 is 2.04 bits per heavy atom. The molecule has 0 radical (unpaired) electrons. The molecule has 23 heavy (non-hydrogen) atoms. The number of nitrogens with zero attached hydrogens (tertiary/aromatic N) is 2. The monoisotopic (exact) mass is 328 g/mol. The second-order valence-corrected chi connectivity index (χ2v) is 4.49. The molecule has 0 aromatic heterocycles. The summed E-state index contributed by atoms with van der Waals surface area (Å²) in [6.07, 6.45) is 0.277. The van der Waals surface area contributed by atoms with Crippen LogP contribution in [0.1, 0.15) is 15.9 Å². The van der Waals surface area contributed by atoms with Gasteiger partial charge >= 0.3 is 17.8 Å². The quantitative estimate of drug-likeness (QED) is 0.616.